The number of rotatable bonds is 5. The molecule has 1 N–H and O–H groups in total. The Morgan fingerprint density at radius 1 is 1.19 bits per heavy atom. The Balaban J connectivity index is 2.16. The Hall–Kier alpha value is -1.78. The lowest BCUT2D eigenvalue weighted by Crippen LogP contribution is -2.01. The first-order valence-corrected chi connectivity index (χ1v) is 6.81. The van der Waals surface area contributed by atoms with E-state index in [-0.39, 0.29) is 6.61 Å². The third-order valence-electron chi connectivity index (χ3n) is 3.07. The highest BCUT2D eigenvalue weighted by Crippen LogP contribution is 2.31. The highest BCUT2D eigenvalue weighted by atomic mass is 35.5. The van der Waals surface area contributed by atoms with Gasteiger partial charge >= 0.3 is 0 Å². The maximum atomic E-state index is 13.7. The first kappa shape index (κ1) is 15.6. The summed E-state index contributed by atoms with van der Waals surface area (Å²) < 4.78 is 24.5. The third-order valence-corrected chi connectivity index (χ3v) is 3.30. The molecular formula is C16H16ClFO3. The second-order valence-corrected chi connectivity index (χ2v) is 5.05. The minimum atomic E-state index is -0.596. The van der Waals surface area contributed by atoms with Gasteiger partial charge in [0.1, 0.15) is 12.4 Å². The van der Waals surface area contributed by atoms with Crippen molar-refractivity contribution in [1.29, 1.82) is 0 Å². The molecule has 0 aliphatic rings. The van der Waals surface area contributed by atoms with Gasteiger partial charge in [-0.25, -0.2) is 4.39 Å². The predicted molar refractivity (Wildman–Crippen MR) is 79.4 cm³/mol. The molecule has 1 atom stereocenters. The fourth-order valence-electron chi connectivity index (χ4n) is 1.86. The predicted octanol–water partition coefficient (Wildman–Crippen LogP) is 4.12. The molecule has 5 heteroatoms. The Bertz CT molecular complexity index is 629. The number of aliphatic hydroxyl groups excluding tert-OH is 1. The van der Waals surface area contributed by atoms with Crippen LogP contribution in [0.25, 0.3) is 0 Å². The van der Waals surface area contributed by atoms with Crippen molar-refractivity contribution >= 4 is 11.6 Å². The first-order valence-electron chi connectivity index (χ1n) is 6.44. The van der Waals surface area contributed by atoms with Crippen LogP contribution in [0.2, 0.25) is 5.02 Å². The fraction of sp³-hybridized carbons (Fsp3) is 0.250. The molecule has 0 radical (unpaired) electrons. The average molecular weight is 311 g/mol. The Morgan fingerprint density at radius 2 is 1.95 bits per heavy atom. The van der Waals surface area contributed by atoms with E-state index < -0.39 is 11.9 Å². The lowest BCUT2D eigenvalue weighted by Gasteiger charge is -2.13. The molecule has 0 fully saturated rings. The van der Waals surface area contributed by atoms with Crippen molar-refractivity contribution < 1.29 is 19.0 Å². The van der Waals surface area contributed by atoms with Crippen LogP contribution in [0.3, 0.4) is 0 Å². The quantitative estimate of drug-likeness (QED) is 0.903. The highest BCUT2D eigenvalue weighted by molar-refractivity contribution is 6.30. The Morgan fingerprint density at radius 3 is 2.57 bits per heavy atom. The summed E-state index contributed by atoms with van der Waals surface area (Å²) in [5.74, 6) is 0.557. The van der Waals surface area contributed by atoms with Crippen molar-refractivity contribution in [1.82, 2.24) is 0 Å². The number of ether oxygens (including phenoxy) is 2. The van der Waals surface area contributed by atoms with Crippen molar-refractivity contribution in [2.24, 2.45) is 0 Å². The summed E-state index contributed by atoms with van der Waals surface area (Å²) >= 11 is 5.70. The second kappa shape index (κ2) is 6.78. The van der Waals surface area contributed by atoms with Gasteiger partial charge in [0.05, 0.1) is 13.2 Å². The van der Waals surface area contributed by atoms with Crippen LogP contribution in [0.15, 0.2) is 36.4 Å². The van der Waals surface area contributed by atoms with Gasteiger partial charge in [-0.15, -0.1) is 0 Å². The van der Waals surface area contributed by atoms with Gasteiger partial charge in [-0.05, 0) is 36.8 Å². The van der Waals surface area contributed by atoms with E-state index in [2.05, 4.69) is 0 Å². The zero-order valence-electron chi connectivity index (χ0n) is 11.8. The monoisotopic (exact) mass is 310 g/mol. The summed E-state index contributed by atoms with van der Waals surface area (Å²) in [6.07, 6.45) is -0.596. The van der Waals surface area contributed by atoms with Crippen LogP contribution in [0.5, 0.6) is 11.5 Å². The summed E-state index contributed by atoms with van der Waals surface area (Å²) in [6, 6.07) is 9.55. The van der Waals surface area contributed by atoms with E-state index >= 15 is 0 Å². The molecule has 0 heterocycles. The van der Waals surface area contributed by atoms with Gasteiger partial charge < -0.3 is 14.6 Å². The van der Waals surface area contributed by atoms with Crippen molar-refractivity contribution in [3.05, 3.63) is 58.4 Å². The largest absolute Gasteiger partial charge is 0.493 e. The molecule has 2 rings (SSSR count). The number of hydrogen-bond donors (Lipinski definition) is 1. The normalized spacial score (nSPS) is 12.0. The molecule has 0 saturated heterocycles. The van der Waals surface area contributed by atoms with Crippen LogP contribution in [0.4, 0.5) is 4.39 Å². The van der Waals surface area contributed by atoms with E-state index in [1.165, 1.54) is 13.2 Å². The lowest BCUT2D eigenvalue weighted by molar-refractivity contribution is 0.198. The van der Waals surface area contributed by atoms with E-state index in [1.54, 1.807) is 37.3 Å². The van der Waals surface area contributed by atoms with E-state index in [0.29, 0.717) is 22.1 Å². The van der Waals surface area contributed by atoms with Crippen LogP contribution < -0.4 is 9.47 Å². The molecule has 3 nitrogen and oxygen atoms in total. The molecule has 2 aromatic carbocycles. The van der Waals surface area contributed by atoms with Gasteiger partial charge in [0.25, 0.3) is 0 Å². The average Bonchev–Trinajstić information content (AvgIpc) is 2.46. The topological polar surface area (TPSA) is 38.7 Å². The molecule has 0 saturated carbocycles. The van der Waals surface area contributed by atoms with Gasteiger partial charge in [-0.3, -0.25) is 0 Å². The zero-order valence-corrected chi connectivity index (χ0v) is 12.5. The molecule has 0 spiro atoms. The van der Waals surface area contributed by atoms with Crippen LogP contribution in [0.1, 0.15) is 24.2 Å². The second-order valence-electron chi connectivity index (χ2n) is 4.61. The van der Waals surface area contributed by atoms with E-state index in [4.69, 9.17) is 21.1 Å². The van der Waals surface area contributed by atoms with Crippen LogP contribution >= 0.6 is 11.6 Å². The molecule has 0 bridgehead atoms. The van der Waals surface area contributed by atoms with Crippen LogP contribution in [0, 0.1) is 5.82 Å². The zero-order chi connectivity index (χ0) is 15.4. The Labute approximate surface area is 127 Å². The molecule has 21 heavy (non-hydrogen) atoms. The van der Waals surface area contributed by atoms with Crippen molar-refractivity contribution in [3.63, 3.8) is 0 Å². The molecule has 0 aliphatic heterocycles. The van der Waals surface area contributed by atoms with Crippen molar-refractivity contribution in [2.45, 2.75) is 19.6 Å². The van der Waals surface area contributed by atoms with Crippen molar-refractivity contribution in [3.8, 4) is 11.5 Å². The number of aliphatic hydroxyl groups is 1. The highest BCUT2D eigenvalue weighted by Gasteiger charge is 2.10. The summed E-state index contributed by atoms with van der Waals surface area (Å²) in [4.78, 5) is 0. The molecule has 0 aliphatic carbocycles. The SMILES string of the molecule is COc1cc([C@@H](C)O)ccc1OCc1ccc(Cl)cc1F. The number of benzene rings is 2. The summed E-state index contributed by atoms with van der Waals surface area (Å²) in [6.45, 7) is 1.73. The molecule has 0 aromatic heterocycles. The fourth-order valence-corrected chi connectivity index (χ4v) is 2.02. The smallest absolute Gasteiger partial charge is 0.161 e. The van der Waals surface area contributed by atoms with Crippen LogP contribution in [-0.2, 0) is 6.61 Å². The van der Waals surface area contributed by atoms with E-state index in [9.17, 15) is 9.50 Å². The summed E-state index contributed by atoms with van der Waals surface area (Å²) in [7, 11) is 1.51. The number of hydrogen-bond acceptors (Lipinski definition) is 3. The number of halogens is 2. The van der Waals surface area contributed by atoms with Gasteiger partial charge in [0, 0.05) is 10.6 Å². The minimum absolute atomic E-state index is 0.0629. The third kappa shape index (κ3) is 3.86. The number of methoxy groups -OCH3 is 1. The Kier molecular flexibility index (Phi) is 5.04. The molecule has 0 unspecified atom stereocenters. The standard InChI is InChI=1S/C16H16ClFO3/c1-10(19)11-4-6-15(16(7-11)20-2)21-9-12-3-5-13(17)8-14(12)18/h3-8,10,19H,9H2,1-2H3/t10-/m1/s1. The van der Waals surface area contributed by atoms with Gasteiger partial charge in [-0.1, -0.05) is 23.7 Å². The molecule has 2 aromatic rings. The lowest BCUT2D eigenvalue weighted by atomic mass is 10.1. The van der Waals surface area contributed by atoms with Gasteiger partial charge in [0.15, 0.2) is 11.5 Å². The van der Waals surface area contributed by atoms with Crippen LogP contribution in [-0.4, -0.2) is 12.2 Å². The summed E-state index contributed by atoms with van der Waals surface area (Å²) in [5, 5.41) is 9.89. The molecular weight excluding hydrogens is 295 g/mol. The maximum Gasteiger partial charge on any atom is 0.161 e. The van der Waals surface area contributed by atoms with Gasteiger partial charge in [0.2, 0.25) is 0 Å². The maximum absolute atomic E-state index is 13.7. The molecule has 112 valence electrons. The van der Waals surface area contributed by atoms with E-state index in [1.807, 2.05) is 0 Å². The first-order chi connectivity index (χ1) is 10.0. The van der Waals surface area contributed by atoms with Crippen molar-refractivity contribution in [2.75, 3.05) is 7.11 Å². The summed E-state index contributed by atoms with van der Waals surface area (Å²) in [5.41, 5.74) is 1.12. The van der Waals surface area contributed by atoms with E-state index in [0.717, 1.165) is 5.56 Å². The van der Waals surface area contributed by atoms with Gasteiger partial charge in [-0.2, -0.15) is 0 Å². The molecule has 0 amide bonds. The minimum Gasteiger partial charge on any atom is -0.493 e.